The Morgan fingerprint density at radius 2 is 1.93 bits per heavy atom. The van der Waals surface area contributed by atoms with Crippen molar-refractivity contribution >= 4 is 6.16 Å². The lowest BCUT2D eigenvalue weighted by molar-refractivity contribution is -0.0138. The van der Waals surface area contributed by atoms with Crippen molar-refractivity contribution < 1.29 is 24.1 Å². The molecule has 1 N–H and O–H groups in total. The molecule has 0 aliphatic rings. The first-order chi connectivity index (χ1) is 6.70. The molecule has 0 bridgehead atoms. The van der Waals surface area contributed by atoms with Crippen LogP contribution in [0.1, 0.15) is 20.3 Å². The third-order valence-electron chi connectivity index (χ3n) is 1.56. The fourth-order valence-corrected chi connectivity index (χ4v) is 0.927. The summed E-state index contributed by atoms with van der Waals surface area (Å²) in [5.74, 6) is 0. The van der Waals surface area contributed by atoms with E-state index in [4.69, 9.17) is 14.6 Å². The van der Waals surface area contributed by atoms with Crippen LogP contribution >= 0.6 is 0 Å². The average molecular weight is 206 g/mol. The molecule has 0 aromatic rings. The predicted molar refractivity (Wildman–Crippen MR) is 50.5 cm³/mol. The topological polar surface area (TPSA) is 65.0 Å². The van der Waals surface area contributed by atoms with Crippen molar-refractivity contribution in [2.45, 2.75) is 26.4 Å². The van der Waals surface area contributed by atoms with E-state index in [1.807, 2.05) is 13.8 Å². The van der Waals surface area contributed by atoms with E-state index >= 15 is 0 Å². The molecule has 5 heteroatoms. The fourth-order valence-electron chi connectivity index (χ4n) is 0.927. The van der Waals surface area contributed by atoms with Crippen LogP contribution in [0.25, 0.3) is 0 Å². The lowest BCUT2D eigenvalue weighted by Crippen LogP contribution is -2.24. The van der Waals surface area contributed by atoms with Gasteiger partial charge in [-0.2, -0.15) is 0 Å². The molecule has 0 heterocycles. The summed E-state index contributed by atoms with van der Waals surface area (Å²) in [6.45, 7) is 5.68. The van der Waals surface area contributed by atoms with E-state index in [0.29, 0.717) is 26.2 Å². The Hall–Kier alpha value is -0.810. The second-order valence-corrected chi connectivity index (χ2v) is 2.65. The minimum atomic E-state index is -1.27. The summed E-state index contributed by atoms with van der Waals surface area (Å²) in [5, 5.41) is 8.42. The third-order valence-corrected chi connectivity index (χ3v) is 1.56. The van der Waals surface area contributed by atoms with Gasteiger partial charge in [-0.15, -0.1) is 0 Å². The van der Waals surface area contributed by atoms with Crippen molar-refractivity contribution in [2.24, 2.45) is 0 Å². The Balaban J connectivity index is 3.66. The van der Waals surface area contributed by atoms with Gasteiger partial charge in [-0.3, -0.25) is 0 Å². The Morgan fingerprint density at radius 3 is 2.43 bits per heavy atom. The summed E-state index contributed by atoms with van der Waals surface area (Å²) < 4.78 is 14.8. The summed E-state index contributed by atoms with van der Waals surface area (Å²) in [6.07, 6.45) is -1.18. The second-order valence-electron chi connectivity index (χ2n) is 2.65. The highest BCUT2D eigenvalue weighted by Gasteiger charge is 2.13. The molecule has 0 fully saturated rings. The molecule has 0 saturated carbocycles. The maximum Gasteiger partial charge on any atom is 0.506 e. The monoisotopic (exact) mass is 206 g/mol. The van der Waals surface area contributed by atoms with Crippen LogP contribution in [0.4, 0.5) is 4.79 Å². The van der Waals surface area contributed by atoms with E-state index in [1.165, 1.54) is 0 Å². The highest BCUT2D eigenvalue weighted by atomic mass is 16.7. The van der Waals surface area contributed by atoms with Crippen LogP contribution < -0.4 is 0 Å². The van der Waals surface area contributed by atoms with Crippen LogP contribution in [0.15, 0.2) is 0 Å². The Morgan fingerprint density at radius 1 is 1.29 bits per heavy atom. The second kappa shape index (κ2) is 8.77. The van der Waals surface area contributed by atoms with Crippen LogP contribution in [-0.2, 0) is 14.2 Å². The lowest BCUT2D eigenvalue weighted by Gasteiger charge is -2.15. The standard InChI is InChI=1S/C9H18O5/c1-3-12-6-5-8(7-13-4-2)14-9(10)11/h8H,3-7H2,1-2H3,(H,10,11). The van der Waals surface area contributed by atoms with Gasteiger partial charge in [0.15, 0.2) is 0 Å². The van der Waals surface area contributed by atoms with Crippen molar-refractivity contribution in [1.29, 1.82) is 0 Å². The third kappa shape index (κ3) is 7.82. The molecule has 0 aliphatic carbocycles. The summed E-state index contributed by atoms with van der Waals surface area (Å²) in [5.41, 5.74) is 0. The van der Waals surface area contributed by atoms with Crippen LogP contribution in [0.2, 0.25) is 0 Å². The SMILES string of the molecule is CCOCCC(COCC)OC(=O)O. The molecule has 0 aromatic heterocycles. The Bertz CT molecular complexity index is 148. The fraction of sp³-hybridized carbons (Fsp3) is 0.889. The van der Waals surface area contributed by atoms with Crippen molar-refractivity contribution in [3.05, 3.63) is 0 Å². The molecule has 0 spiro atoms. The summed E-state index contributed by atoms with van der Waals surface area (Å²) in [7, 11) is 0. The number of ether oxygens (including phenoxy) is 3. The molecular formula is C9H18O5. The van der Waals surface area contributed by atoms with Crippen LogP contribution in [0.3, 0.4) is 0 Å². The number of hydrogen-bond acceptors (Lipinski definition) is 4. The maximum absolute atomic E-state index is 10.3. The van der Waals surface area contributed by atoms with E-state index in [9.17, 15) is 4.79 Å². The Labute approximate surface area is 84.0 Å². The first-order valence-corrected chi connectivity index (χ1v) is 4.75. The highest BCUT2D eigenvalue weighted by molar-refractivity contribution is 5.57. The molecule has 0 rings (SSSR count). The zero-order chi connectivity index (χ0) is 10.8. The van der Waals surface area contributed by atoms with Crippen LogP contribution in [-0.4, -0.2) is 43.8 Å². The quantitative estimate of drug-likeness (QED) is 0.481. The van der Waals surface area contributed by atoms with Crippen molar-refractivity contribution in [1.82, 2.24) is 0 Å². The van der Waals surface area contributed by atoms with Crippen molar-refractivity contribution in [3.63, 3.8) is 0 Å². The first-order valence-electron chi connectivity index (χ1n) is 4.75. The van der Waals surface area contributed by atoms with Gasteiger partial charge in [0, 0.05) is 19.6 Å². The van der Waals surface area contributed by atoms with E-state index in [2.05, 4.69) is 4.74 Å². The summed E-state index contributed by atoms with van der Waals surface area (Å²) in [6, 6.07) is 0. The molecule has 5 nitrogen and oxygen atoms in total. The normalized spacial score (nSPS) is 12.4. The molecule has 1 unspecified atom stereocenters. The minimum Gasteiger partial charge on any atom is -0.450 e. The number of carbonyl (C=O) groups is 1. The molecule has 0 amide bonds. The molecule has 0 aromatic carbocycles. The van der Waals surface area contributed by atoms with Gasteiger partial charge in [-0.1, -0.05) is 0 Å². The van der Waals surface area contributed by atoms with Crippen molar-refractivity contribution in [3.8, 4) is 0 Å². The summed E-state index contributed by atoms with van der Waals surface area (Å²) >= 11 is 0. The van der Waals surface area contributed by atoms with Gasteiger partial charge in [-0.05, 0) is 13.8 Å². The van der Waals surface area contributed by atoms with Gasteiger partial charge >= 0.3 is 6.16 Å². The zero-order valence-corrected chi connectivity index (χ0v) is 8.69. The van der Waals surface area contributed by atoms with Gasteiger partial charge in [-0.25, -0.2) is 4.79 Å². The molecule has 84 valence electrons. The van der Waals surface area contributed by atoms with Crippen LogP contribution in [0.5, 0.6) is 0 Å². The zero-order valence-electron chi connectivity index (χ0n) is 8.69. The maximum atomic E-state index is 10.3. The largest absolute Gasteiger partial charge is 0.506 e. The molecule has 0 saturated heterocycles. The van der Waals surface area contributed by atoms with Gasteiger partial charge in [0.1, 0.15) is 6.10 Å². The molecule has 0 radical (unpaired) electrons. The van der Waals surface area contributed by atoms with Crippen molar-refractivity contribution in [2.75, 3.05) is 26.4 Å². The Kier molecular flexibility index (Phi) is 8.27. The van der Waals surface area contributed by atoms with Gasteiger partial charge in [0.05, 0.1) is 13.2 Å². The van der Waals surface area contributed by atoms with E-state index in [1.54, 1.807) is 0 Å². The number of rotatable bonds is 8. The van der Waals surface area contributed by atoms with E-state index in [0.717, 1.165) is 0 Å². The van der Waals surface area contributed by atoms with Gasteiger partial charge in [0.2, 0.25) is 0 Å². The van der Waals surface area contributed by atoms with Crippen LogP contribution in [0, 0.1) is 0 Å². The van der Waals surface area contributed by atoms with Gasteiger partial charge < -0.3 is 19.3 Å². The molecule has 14 heavy (non-hydrogen) atoms. The smallest absolute Gasteiger partial charge is 0.450 e. The number of carboxylic acid groups (broad SMARTS) is 1. The molecule has 1 atom stereocenters. The minimum absolute atomic E-state index is 0.288. The molecule has 0 aliphatic heterocycles. The average Bonchev–Trinajstić information content (AvgIpc) is 2.13. The van der Waals surface area contributed by atoms with Gasteiger partial charge in [0.25, 0.3) is 0 Å². The highest BCUT2D eigenvalue weighted by Crippen LogP contribution is 2.01. The van der Waals surface area contributed by atoms with E-state index in [-0.39, 0.29) is 6.61 Å². The van der Waals surface area contributed by atoms with E-state index < -0.39 is 12.3 Å². The first kappa shape index (κ1) is 13.2. The predicted octanol–water partition coefficient (Wildman–Crippen LogP) is 1.51. The number of hydrogen-bond donors (Lipinski definition) is 1. The summed E-state index contributed by atoms with van der Waals surface area (Å²) in [4.78, 5) is 10.3. The lowest BCUT2D eigenvalue weighted by atomic mass is 10.3. The molecular weight excluding hydrogens is 188 g/mol.